The first-order valence-corrected chi connectivity index (χ1v) is 14.0. The van der Waals surface area contributed by atoms with Gasteiger partial charge in [-0.25, -0.2) is 4.21 Å². The Hall–Kier alpha value is -2.40. The first-order chi connectivity index (χ1) is 17.7. The van der Waals surface area contributed by atoms with E-state index in [2.05, 4.69) is 9.80 Å². The molecule has 0 amide bonds. The van der Waals surface area contributed by atoms with Gasteiger partial charge >= 0.3 is 0 Å². The van der Waals surface area contributed by atoms with E-state index < -0.39 is 11.3 Å². The molecule has 1 atom stereocenters. The van der Waals surface area contributed by atoms with Crippen molar-refractivity contribution in [1.82, 2.24) is 4.90 Å². The van der Waals surface area contributed by atoms with Gasteiger partial charge < -0.3 is 23.8 Å². The van der Waals surface area contributed by atoms with E-state index >= 15 is 0 Å². The van der Waals surface area contributed by atoms with Crippen LogP contribution in [0.3, 0.4) is 0 Å². The van der Waals surface area contributed by atoms with E-state index in [4.69, 9.17) is 30.5 Å². The summed E-state index contributed by atoms with van der Waals surface area (Å²) in [7, 11) is 1.58. The molecular weight excluding hydrogens is 518 g/mol. The number of hydrogen-bond acceptors (Lipinski definition) is 7. The van der Waals surface area contributed by atoms with Gasteiger partial charge in [0.05, 0.1) is 18.0 Å². The number of halogens is 1. The van der Waals surface area contributed by atoms with Crippen molar-refractivity contribution in [3.63, 3.8) is 0 Å². The number of hydrogen-bond donors (Lipinski definition) is 1. The number of benzene rings is 2. The highest BCUT2D eigenvalue weighted by Gasteiger charge is 2.34. The number of anilines is 2. The molecule has 1 fully saturated rings. The lowest BCUT2D eigenvalue weighted by Gasteiger charge is -2.37. The minimum atomic E-state index is -2.11. The molecule has 1 saturated heterocycles. The Morgan fingerprint density at radius 3 is 2.62 bits per heavy atom. The van der Waals surface area contributed by atoms with Gasteiger partial charge in [-0.15, -0.1) is 0 Å². The largest absolute Gasteiger partial charge is 0.490 e. The predicted octanol–water partition coefficient (Wildman–Crippen LogP) is 3.99. The standard InChI is InChI=1S/C26H34ClN3O6S/c1-26(2)17-18-13-20(28(3)37(31)32)16-23(24(18)36-26)33-10-4-5-29-6-8-30(9-7-29)21-14-19(27)15-22-25(21)35-12-11-34-22/h13-16H,4-12,17H2,1-3H3,(H,31,32). The van der Waals surface area contributed by atoms with E-state index in [0.29, 0.717) is 42.0 Å². The molecule has 3 aliphatic heterocycles. The third-order valence-corrected chi connectivity index (χ3v) is 7.78. The second kappa shape index (κ2) is 10.8. The zero-order chi connectivity index (χ0) is 26.2. The highest BCUT2D eigenvalue weighted by atomic mass is 35.5. The van der Waals surface area contributed by atoms with Gasteiger partial charge in [0, 0.05) is 68.9 Å². The van der Waals surface area contributed by atoms with Crippen molar-refractivity contribution < 1.29 is 27.7 Å². The van der Waals surface area contributed by atoms with Gasteiger partial charge in [-0.1, -0.05) is 11.6 Å². The second-order valence-corrected chi connectivity index (χ2v) is 11.6. The van der Waals surface area contributed by atoms with Crippen LogP contribution in [0.2, 0.25) is 5.02 Å². The van der Waals surface area contributed by atoms with Gasteiger partial charge in [0.25, 0.3) is 11.3 Å². The first-order valence-electron chi connectivity index (χ1n) is 12.6. The van der Waals surface area contributed by atoms with Gasteiger partial charge in [0.2, 0.25) is 0 Å². The van der Waals surface area contributed by atoms with Gasteiger partial charge in [0.1, 0.15) is 18.8 Å². The van der Waals surface area contributed by atoms with Crippen LogP contribution in [-0.4, -0.2) is 78.9 Å². The number of rotatable bonds is 8. The normalized spacial score (nSPS) is 19.2. The molecule has 9 nitrogen and oxygen atoms in total. The molecule has 0 aliphatic carbocycles. The summed E-state index contributed by atoms with van der Waals surface area (Å²) in [6.07, 6.45) is 1.57. The SMILES string of the molecule is CN(c1cc2c(c(OCCCN3CCN(c4cc(Cl)cc5c4OCCO5)CC3)c1)OC(C)(C)C2)S(=O)O. The maximum Gasteiger partial charge on any atom is 0.261 e. The molecule has 0 radical (unpaired) electrons. The molecule has 2 aromatic carbocycles. The van der Waals surface area contributed by atoms with Gasteiger partial charge in [-0.3, -0.25) is 13.8 Å². The Morgan fingerprint density at radius 1 is 1.11 bits per heavy atom. The molecule has 0 saturated carbocycles. The van der Waals surface area contributed by atoms with Crippen LogP contribution in [0.15, 0.2) is 24.3 Å². The maximum atomic E-state index is 11.6. The Kier molecular flexibility index (Phi) is 7.63. The fourth-order valence-corrected chi connectivity index (χ4v) is 5.55. The molecule has 2 aromatic rings. The lowest BCUT2D eigenvalue weighted by molar-refractivity contribution is 0.131. The van der Waals surface area contributed by atoms with Gasteiger partial charge in [0.15, 0.2) is 23.0 Å². The van der Waals surface area contributed by atoms with Gasteiger partial charge in [-0.2, -0.15) is 0 Å². The summed E-state index contributed by atoms with van der Waals surface area (Å²) in [5, 5.41) is 0.651. The predicted molar refractivity (Wildman–Crippen MR) is 145 cm³/mol. The molecule has 37 heavy (non-hydrogen) atoms. The minimum absolute atomic E-state index is 0.338. The van der Waals surface area contributed by atoms with E-state index in [1.165, 1.54) is 4.31 Å². The quantitative estimate of drug-likeness (QED) is 0.389. The molecule has 1 N–H and O–H groups in total. The van der Waals surface area contributed by atoms with Crippen LogP contribution >= 0.6 is 11.6 Å². The fourth-order valence-electron chi connectivity index (χ4n) is 5.06. The summed E-state index contributed by atoms with van der Waals surface area (Å²) in [6.45, 7) is 10.2. The van der Waals surface area contributed by atoms with Crippen molar-refractivity contribution in [2.45, 2.75) is 32.3 Å². The monoisotopic (exact) mass is 551 g/mol. The minimum Gasteiger partial charge on any atom is -0.490 e. The van der Waals surface area contributed by atoms with E-state index in [1.807, 2.05) is 32.0 Å². The van der Waals surface area contributed by atoms with Crippen molar-refractivity contribution in [2.75, 3.05) is 68.8 Å². The smallest absolute Gasteiger partial charge is 0.261 e. The Bertz CT molecular complexity index is 1170. The van der Waals surface area contributed by atoms with Crippen molar-refractivity contribution >= 4 is 34.2 Å². The molecule has 0 bridgehead atoms. The number of piperazine rings is 1. The van der Waals surface area contributed by atoms with E-state index in [-0.39, 0.29) is 5.60 Å². The van der Waals surface area contributed by atoms with Crippen molar-refractivity contribution in [3.8, 4) is 23.0 Å². The van der Waals surface area contributed by atoms with E-state index in [9.17, 15) is 8.76 Å². The zero-order valence-electron chi connectivity index (χ0n) is 21.5. The Labute approximate surface area is 225 Å². The van der Waals surface area contributed by atoms with Crippen molar-refractivity contribution in [1.29, 1.82) is 0 Å². The average Bonchev–Trinajstić information content (AvgIpc) is 3.19. The summed E-state index contributed by atoms with van der Waals surface area (Å²) in [5.41, 5.74) is 2.28. The van der Waals surface area contributed by atoms with Crippen molar-refractivity contribution in [2.24, 2.45) is 0 Å². The van der Waals surface area contributed by atoms with Gasteiger partial charge in [-0.05, 0) is 32.4 Å². The fraction of sp³-hybridized carbons (Fsp3) is 0.538. The first kappa shape index (κ1) is 26.2. The number of ether oxygens (including phenoxy) is 4. The third kappa shape index (κ3) is 5.87. The molecule has 202 valence electrons. The van der Waals surface area contributed by atoms with Crippen LogP contribution in [0, 0.1) is 0 Å². The summed E-state index contributed by atoms with van der Waals surface area (Å²) in [6, 6.07) is 7.45. The van der Waals surface area contributed by atoms with Crippen LogP contribution in [0.4, 0.5) is 11.4 Å². The van der Waals surface area contributed by atoms with Crippen LogP contribution in [0.25, 0.3) is 0 Å². The second-order valence-electron chi connectivity index (χ2n) is 10.2. The average molecular weight is 552 g/mol. The maximum absolute atomic E-state index is 11.6. The summed E-state index contributed by atoms with van der Waals surface area (Å²) in [5.74, 6) is 2.85. The van der Waals surface area contributed by atoms with E-state index in [0.717, 1.165) is 68.3 Å². The zero-order valence-corrected chi connectivity index (χ0v) is 23.1. The van der Waals surface area contributed by atoms with Crippen LogP contribution in [-0.2, 0) is 17.7 Å². The Morgan fingerprint density at radius 2 is 1.86 bits per heavy atom. The highest BCUT2D eigenvalue weighted by molar-refractivity contribution is 7.80. The summed E-state index contributed by atoms with van der Waals surface area (Å²) < 4.78 is 46.4. The number of nitrogens with zero attached hydrogens (tertiary/aromatic N) is 3. The molecular formula is C26H34ClN3O6S. The highest BCUT2D eigenvalue weighted by Crippen LogP contribution is 2.45. The molecule has 3 aliphatic rings. The molecule has 0 aromatic heterocycles. The molecule has 11 heteroatoms. The lowest BCUT2D eigenvalue weighted by atomic mass is 10.0. The molecule has 3 heterocycles. The molecule has 1 unspecified atom stereocenters. The topological polar surface area (TPSA) is 83.9 Å². The third-order valence-electron chi connectivity index (χ3n) is 6.89. The van der Waals surface area contributed by atoms with Crippen LogP contribution in [0.1, 0.15) is 25.8 Å². The van der Waals surface area contributed by atoms with E-state index in [1.54, 1.807) is 13.1 Å². The number of fused-ring (bicyclic) bond motifs is 2. The Balaban J connectivity index is 1.16. The summed E-state index contributed by atoms with van der Waals surface area (Å²) in [4.78, 5) is 4.74. The van der Waals surface area contributed by atoms with Crippen LogP contribution in [0.5, 0.6) is 23.0 Å². The molecule has 5 rings (SSSR count). The lowest BCUT2D eigenvalue weighted by Crippen LogP contribution is -2.47. The van der Waals surface area contributed by atoms with Crippen molar-refractivity contribution in [3.05, 3.63) is 34.9 Å². The van der Waals surface area contributed by atoms with Crippen LogP contribution < -0.4 is 28.2 Å². The summed E-state index contributed by atoms with van der Waals surface area (Å²) >= 11 is 4.22. The molecule has 0 spiro atoms.